The lowest BCUT2D eigenvalue weighted by Gasteiger charge is -2.18. The lowest BCUT2D eigenvalue weighted by Crippen LogP contribution is -2.33. The fourth-order valence-corrected chi connectivity index (χ4v) is 3.73. The van der Waals surface area contributed by atoms with Crippen LogP contribution in [-0.4, -0.2) is 23.5 Å². The van der Waals surface area contributed by atoms with Crippen molar-refractivity contribution in [2.24, 2.45) is 29.6 Å². The Hall–Kier alpha value is -1.06. The molecule has 0 aliphatic heterocycles. The van der Waals surface area contributed by atoms with Crippen molar-refractivity contribution in [1.82, 2.24) is 5.32 Å². The maximum Gasteiger partial charge on any atom is 0.303 e. The molecule has 3 atom stereocenters. The summed E-state index contributed by atoms with van der Waals surface area (Å²) in [5.41, 5.74) is 0. The van der Waals surface area contributed by atoms with Crippen LogP contribution < -0.4 is 5.32 Å². The molecule has 0 bridgehead atoms. The standard InChI is InChI=1S/C15H25NO3/c1-9(2)6-10(7-13(17)18)8-16-15(19)14-11-4-3-5-12(11)14/h9-12,14H,3-8H2,1-2H3,(H,16,19)(H,17,18)/t10-,11?,12?,14?/m0/s1. The Balaban J connectivity index is 1.74. The smallest absolute Gasteiger partial charge is 0.303 e. The molecule has 0 aromatic rings. The van der Waals surface area contributed by atoms with Crippen LogP contribution in [0, 0.1) is 29.6 Å². The first-order chi connectivity index (χ1) is 8.99. The number of hydrogen-bond donors (Lipinski definition) is 2. The molecular weight excluding hydrogens is 242 g/mol. The maximum atomic E-state index is 12.0. The van der Waals surface area contributed by atoms with Crippen molar-refractivity contribution in [2.75, 3.05) is 6.54 Å². The van der Waals surface area contributed by atoms with Gasteiger partial charge in [0.15, 0.2) is 0 Å². The van der Waals surface area contributed by atoms with Crippen molar-refractivity contribution < 1.29 is 14.7 Å². The summed E-state index contributed by atoms with van der Waals surface area (Å²) in [7, 11) is 0. The number of carboxylic acid groups (broad SMARTS) is 1. The number of aliphatic carboxylic acids is 1. The number of carbonyl (C=O) groups is 2. The number of carbonyl (C=O) groups excluding carboxylic acids is 1. The summed E-state index contributed by atoms with van der Waals surface area (Å²) >= 11 is 0. The Morgan fingerprint density at radius 3 is 2.42 bits per heavy atom. The molecule has 0 aromatic heterocycles. The molecule has 0 radical (unpaired) electrons. The molecule has 0 spiro atoms. The summed E-state index contributed by atoms with van der Waals surface area (Å²) in [6.45, 7) is 4.68. The summed E-state index contributed by atoms with van der Waals surface area (Å²) in [5, 5.41) is 11.9. The zero-order chi connectivity index (χ0) is 14.0. The highest BCUT2D eigenvalue weighted by Gasteiger charge is 2.56. The van der Waals surface area contributed by atoms with Crippen LogP contribution in [0.4, 0.5) is 0 Å². The van der Waals surface area contributed by atoms with E-state index in [1.165, 1.54) is 19.3 Å². The molecule has 108 valence electrons. The molecule has 0 saturated heterocycles. The minimum absolute atomic E-state index is 0.0556. The van der Waals surface area contributed by atoms with E-state index in [2.05, 4.69) is 19.2 Å². The van der Waals surface area contributed by atoms with E-state index in [9.17, 15) is 9.59 Å². The monoisotopic (exact) mass is 267 g/mol. The zero-order valence-electron chi connectivity index (χ0n) is 11.9. The topological polar surface area (TPSA) is 66.4 Å². The quantitative estimate of drug-likeness (QED) is 0.743. The average Bonchev–Trinajstić information content (AvgIpc) is 2.78. The summed E-state index contributed by atoms with van der Waals surface area (Å²) in [4.78, 5) is 22.9. The maximum absolute atomic E-state index is 12.0. The van der Waals surface area contributed by atoms with E-state index in [0.29, 0.717) is 24.3 Å². The van der Waals surface area contributed by atoms with Crippen molar-refractivity contribution in [3.63, 3.8) is 0 Å². The molecule has 2 fully saturated rings. The Labute approximate surface area is 115 Å². The highest BCUT2D eigenvalue weighted by molar-refractivity contribution is 5.82. The zero-order valence-corrected chi connectivity index (χ0v) is 11.9. The van der Waals surface area contributed by atoms with Crippen LogP contribution in [0.2, 0.25) is 0 Å². The van der Waals surface area contributed by atoms with E-state index >= 15 is 0 Å². The Morgan fingerprint density at radius 2 is 1.89 bits per heavy atom. The van der Waals surface area contributed by atoms with Crippen LogP contribution in [0.25, 0.3) is 0 Å². The average molecular weight is 267 g/mol. The minimum atomic E-state index is -0.775. The summed E-state index contributed by atoms with van der Waals surface area (Å²) < 4.78 is 0. The second-order valence-corrected chi connectivity index (χ2v) is 6.62. The molecule has 1 amide bonds. The first kappa shape index (κ1) is 14.4. The lowest BCUT2D eigenvalue weighted by molar-refractivity contribution is -0.138. The van der Waals surface area contributed by atoms with E-state index in [1.54, 1.807) is 0 Å². The molecule has 0 heterocycles. The Morgan fingerprint density at radius 1 is 1.26 bits per heavy atom. The van der Waals surface area contributed by atoms with Gasteiger partial charge in [0.05, 0.1) is 0 Å². The van der Waals surface area contributed by atoms with Crippen molar-refractivity contribution in [3.8, 4) is 0 Å². The molecule has 2 saturated carbocycles. The van der Waals surface area contributed by atoms with Gasteiger partial charge in [-0.1, -0.05) is 20.3 Å². The molecule has 19 heavy (non-hydrogen) atoms. The van der Waals surface area contributed by atoms with Gasteiger partial charge < -0.3 is 10.4 Å². The van der Waals surface area contributed by atoms with Gasteiger partial charge in [0.2, 0.25) is 5.91 Å². The van der Waals surface area contributed by atoms with Crippen LogP contribution in [0.1, 0.15) is 46.0 Å². The van der Waals surface area contributed by atoms with Gasteiger partial charge in [0, 0.05) is 18.9 Å². The first-order valence-corrected chi connectivity index (χ1v) is 7.48. The second-order valence-electron chi connectivity index (χ2n) is 6.62. The van der Waals surface area contributed by atoms with E-state index in [4.69, 9.17) is 5.11 Å². The Bertz CT molecular complexity index is 343. The normalized spacial score (nSPS) is 29.9. The molecule has 2 aliphatic carbocycles. The number of fused-ring (bicyclic) bond motifs is 1. The van der Waals surface area contributed by atoms with Gasteiger partial charge in [-0.15, -0.1) is 0 Å². The van der Waals surface area contributed by atoms with Gasteiger partial charge in [-0.25, -0.2) is 0 Å². The van der Waals surface area contributed by atoms with Crippen molar-refractivity contribution in [1.29, 1.82) is 0 Å². The predicted molar refractivity (Wildman–Crippen MR) is 72.5 cm³/mol. The molecule has 2 aliphatic rings. The van der Waals surface area contributed by atoms with Crippen molar-refractivity contribution >= 4 is 11.9 Å². The third kappa shape index (κ3) is 3.71. The van der Waals surface area contributed by atoms with Crippen LogP contribution in [-0.2, 0) is 9.59 Å². The van der Waals surface area contributed by atoms with Gasteiger partial charge in [-0.05, 0) is 42.9 Å². The van der Waals surface area contributed by atoms with Crippen molar-refractivity contribution in [3.05, 3.63) is 0 Å². The first-order valence-electron chi connectivity index (χ1n) is 7.48. The Kier molecular flexibility index (Phi) is 4.48. The van der Waals surface area contributed by atoms with Gasteiger partial charge in [-0.3, -0.25) is 9.59 Å². The van der Waals surface area contributed by atoms with E-state index < -0.39 is 5.97 Å². The van der Waals surface area contributed by atoms with E-state index in [-0.39, 0.29) is 24.2 Å². The van der Waals surface area contributed by atoms with Crippen LogP contribution in [0.5, 0.6) is 0 Å². The van der Waals surface area contributed by atoms with Crippen molar-refractivity contribution in [2.45, 2.75) is 46.0 Å². The lowest BCUT2D eigenvalue weighted by atomic mass is 9.94. The van der Waals surface area contributed by atoms with Gasteiger partial charge in [-0.2, -0.15) is 0 Å². The number of carboxylic acids is 1. The highest BCUT2D eigenvalue weighted by atomic mass is 16.4. The fraction of sp³-hybridized carbons (Fsp3) is 0.867. The third-order valence-corrected chi connectivity index (χ3v) is 4.54. The molecule has 4 heteroatoms. The number of amides is 1. The van der Waals surface area contributed by atoms with Crippen LogP contribution >= 0.6 is 0 Å². The fourth-order valence-electron chi connectivity index (χ4n) is 3.73. The van der Waals surface area contributed by atoms with Crippen LogP contribution in [0.3, 0.4) is 0 Å². The van der Waals surface area contributed by atoms with E-state index in [1.807, 2.05) is 0 Å². The minimum Gasteiger partial charge on any atom is -0.481 e. The second kappa shape index (κ2) is 5.93. The molecule has 2 N–H and O–H groups in total. The van der Waals surface area contributed by atoms with Crippen LogP contribution in [0.15, 0.2) is 0 Å². The molecule has 4 nitrogen and oxygen atoms in total. The third-order valence-electron chi connectivity index (χ3n) is 4.54. The largest absolute Gasteiger partial charge is 0.481 e. The number of hydrogen-bond acceptors (Lipinski definition) is 2. The molecular formula is C15H25NO3. The SMILES string of the molecule is CC(C)C[C@H](CNC(=O)C1C2CCCC21)CC(=O)O. The number of nitrogens with one attached hydrogen (secondary N) is 1. The summed E-state index contributed by atoms with van der Waals surface area (Å²) in [6, 6.07) is 0. The summed E-state index contributed by atoms with van der Waals surface area (Å²) in [5.74, 6) is 1.39. The molecule has 2 rings (SSSR count). The molecule has 0 aromatic carbocycles. The van der Waals surface area contributed by atoms with Gasteiger partial charge >= 0.3 is 5.97 Å². The van der Waals surface area contributed by atoms with Gasteiger partial charge in [0.1, 0.15) is 0 Å². The highest BCUT2D eigenvalue weighted by Crippen LogP contribution is 2.57. The van der Waals surface area contributed by atoms with Gasteiger partial charge in [0.25, 0.3) is 0 Å². The van der Waals surface area contributed by atoms with E-state index in [0.717, 1.165) is 6.42 Å². The molecule has 2 unspecified atom stereocenters. The predicted octanol–water partition coefficient (Wildman–Crippen LogP) is 2.29. The summed E-state index contributed by atoms with van der Waals surface area (Å²) in [6.07, 6.45) is 4.68. The number of rotatable bonds is 7.